The molecule has 0 bridgehead atoms. The van der Waals surface area contributed by atoms with Crippen molar-refractivity contribution in [1.82, 2.24) is 4.98 Å². The number of benzene rings is 2. The lowest BCUT2D eigenvalue weighted by Gasteiger charge is -2.15. The molecule has 3 rings (SSSR count). The van der Waals surface area contributed by atoms with Crippen LogP contribution in [0.4, 0.5) is 0 Å². The third kappa shape index (κ3) is 2.12. The molecule has 0 saturated carbocycles. The molecular weight excluding hydrogens is 230 g/mol. The maximum Gasteiger partial charge on any atom is 0.0705 e. The molecule has 0 aliphatic heterocycles. The van der Waals surface area contributed by atoms with Crippen LogP contribution in [-0.2, 0) is 0 Å². The number of hydrogen-bond acceptors (Lipinski definition) is 1. The first-order chi connectivity index (χ1) is 9.27. The Morgan fingerprint density at radius 3 is 2.26 bits per heavy atom. The van der Waals surface area contributed by atoms with Gasteiger partial charge < -0.3 is 0 Å². The lowest BCUT2D eigenvalue weighted by molar-refractivity contribution is 0.876. The van der Waals surface area contributed by atoms with Gasteiger partial charge in [-0.2, -0.15) is 0 Å². The summed E-state index contributed by atoms with van der Waals surface area (Å²) in [5.74, 6) is 0.475. The van der Waals surface area contributed by atoms with Crippen molar-refractivity contribution in [3.8, 4) is 11.1 Å². The maximum absolute atomic E-state index is 4.60. The second-order valence-electron chi connectivity index (χ2n) is 5.12. The van der Waals surface area contributed by atoms with Gasteiger partial charge in [-0.1, -0.05) is 62.4 Å². The Morgan fingerprint density at radius 1 is 0.842 bits per heavy atom. The normalized spacial score (nSPS) is 11.1. The predicted molar refractivity (Wildman–Crippen MR) is 81.3 cm³/mol. The number of fused-ring (bicyclic) bond motifs is 1. The number of pyridine rings is 1. The second kappa shape index (κ2) is 4.85. The Morgan fingerprint density at radius 2 is 1.53 bits per heavy atom. The van der Waals surface area contributed by atoms with E-state index < -0.39 is 0 Å². The van der Waals surface area contributed by atoms with Crippen molar-refractivity contribution in [2.45, 2.75) is 19.8 Å². The predicted octanol–water partition coefficient (Wildman–Crippen LogP) is 5.03. The molecule has 0 atom stereocenters. The fraction of sp³-hybridized carbons (Fsp3) is 0.167. The summed E-state index contributed by atoms with van der Waals surface area (Å²) < 4.78 is 0. The summed E-state index contributed by atoms with van der Waals surface area (Å²) in [7, 11) is 0. The number of aromatic nitrogens is 1. The molecular formula is C18H17N. The van der Waals surface area contributed by atoms with Gasteiger partial charge in [-0.15, -0.1) is 0 Å². The van der Waals surface area contributed by atoms with Gasteiger partial charge in [0, 0.05) is 17.1 Å². The van der Waals surface area contributed by atoms with Crippen LogP contribution >= 0.6 is 0 Å². The minimum absolute atomic E-state index is 0.475. The summed E-state index contributed by atoms with van der Waals surface area (Å²) in [5.41, 5.74) is 4.95. The van der Waals surface area contributed by atoms with Crippen molar-refractivity contribution in [2.75, 3.05) is 0 Å². The molecule has 0 aliphatic carbocycles. The van der Waals surface area contributed by atoms with Gasteiger partial charge in [-0.25, -0.2) is 0 Å². The number of para-hydroxylation sites is 1. The summed E-state index contributed by atoms with van der Waals surface area (Å²) >= 11 is 0. The Balaban J connectivity index is 2.34. The highest BCUT2D eigenvalue weighted by molar-refractivity contribution is 5.89. The minimum atomic E-state index is 0.475. The van der Waals surface area contributed by atoms with E-state index in [1.165, 1.54) is 22.1 Å². The standard InChI is InChI=1S/C18H17N/c1-13(2)18-15-10-6-7-11-17(15)19-12-16(18)14-8-4-3-5-9-14/h3-13H,1-2H3. The SMILES string of the molecule is CC(C)c1c(-c2ccccc2)cnc2ccccc12. The van der Waals surface area contributed by atoms with Crippen LogP contribution in [0, 0.1) is 0 Å². The quantitative estimate of drug-likeness (QED) is 0.619. The molecule has 0 saturated heterocycles. The van der Waals surface area contributed by atoms with Gasteiger partial charge >= 0.3 is 0 Å². The highest BCUT2D eigenvalue weighted by Gasteiger charge is 2.12. The molecule has 3 aromatic rings. The van der Waals surface area contributed by atoms with Crippen LogP contribution < -0.4 is 0 Å². The van der Waals surface area contributed by atoms with E-state index in [4.69, 9.17) is 0 Å². The summed E-state index contributed by atoms with van der Waals surface area (Å²) in [4.78, 5) is 4.60. The number of nitrogens with zero attached hydrogens (tertiary/aromatic N) is 1. The molecule has 0 fully saturated rings. The Labute approximate surface area is 113 Å². The molecule has 0 spiro atoms. The summed E-state index contributed by atoms with van der Waals surface area (Å²) in [6.07, 6.45) is 2.01. The van der Waals surface area contributed by atoms with E-state index in [9.17, 15) is 0 Å². The van der Waals surface area contributed by atoms with Crippen LogP contribution in [0.15, 0.2) is 60.8 Å². The lowest BCUT2D eigenvalue weighted by Crippen LogP contribution is -1.96. The van der Waals surface area contributed by atoms with Crippen molar-refractivity contribution in [3.63, 3.8) is 0 Å². The molecule has 0 amide bonds. The molecule has 0 N–H and O–H groups in total. The minimum Gasteiger partial charge on any atom is -0.256 e. The maximum atomic E-state index is 4.60. The van der Waals surface area contributed by atoms with Gasteiger partial charge in [0.1, 0.15) is 0 Å². The molecule has 0 aliphatic rings. The van der Waals surface area contributed by atoms with Crippen LogP contribution in [0.3, 0.4) is 0 Å². The first-order valence-electron chi connectivity index (χ1n) is 6.70. The van der Waals surface area contributed by atoms with Gasteiger partial charge in [-0.3, -0.25) is 4.98 Å². The lowest BCUT2D eigenvalue weighted by atomic mass is 9.91. The molecule has 19 heavy (non-hydrogen) atoms. The molecule has 1 aromatic heterocycles. The van der Waals surface area contributed by atoms with Crippen molar-refractivity contribution in [2.24, 2.45) is 0 Å². The fourth-order valence-corrected chi connectivity index (χ4v) is 2.63. The van der Waals surface area contributed by atoms with Gasteiger partial charge in [-0.05, 0) is 23.1 Å². The van der Waals surface area contributed by atoms with E-state index in [0.29, 0.717) is 5.92 Å². The Bertz CT molecular complexity index is 699. The van der Waals surface area contributed by atoms with E-state index in [1.807, 2.05) is 18.3 Å². The summed E-state index contributed by atoms with van der Waals surface area (Å²) in [6.45, 7) is 4.49. The van der Waals surface area contributed by atoms with Gasteiger partial charge in [0.25, 0.3) is 0 Å². The molecule has 1 heteroatoms. The Kier molecular flexibility index (Phi) is 3.04. The van der Waals surface area contributed by atoms with Gasteiger partial charge in [0.2, 0.25) is 0 Å². The van der Waals surface area contributed by atoms with Gasteiger partial charge in [0.05, 0.1) is 5.52 Å². The molecule has 1 heterocycles. The topological polar surface area (TPSA) is 12.9 Å². The van der Waals surface area contributed by atoms with Crippen molar-refractivity contribution < 1.29 is 0 Å². The molecule has 1 nitrogen and oxygen atoms in total. The van der Waals surface area contributed by atoms with E-state index in [2.05, 4.69) is 61.3 Å². The van der Waals surface area contributed by atoms with Crippen LogP contribution in [0.2, 0.25) is 0 Å². The zero-order chi connectivity index (χ0) is 13.2. The molecule has 94 valence electrons. The van der Waals surface area contributed by atoms with Crippen molar-refractivity contribution in [3.05, 3.63) is 66.4 Å². The van der Waals surface area contributed by atoms with Crippen LogP contribution in [-0.4, -0.2) is 4.98 Å². The second-order valence-corrected chi connectivity index (χ2v) is 5.12. The van der Waals surface area contributed by atoms with Crippen LogP contribution in [0.1, 0.15) is 25.3 Å². The average Bonchev–Trinajstić information content (AvgIpc) is 2.46. The van der Waals surface area contributed by atoms with E-state index in [0.717, 1.165) is 5.52 Å². The zero-order valence-corrected chi connectivity index (χ0v) is 11.3. The van der Waals surface area contributed by atoms with E-state index in [-0.39, 0.29) is 0 Å². The monoisotopic (exact) mass is 247 g/mol. The largest absolute Gasteiger partial charge is 0.256 e. The highest BCUT2D eigenvalue weighted by atomic mass is 14.7. The first-order valence-corrected chi connectivity index (χ1v) is 6.70. The first kappa shape index (κ1) is 11.9. The average molecular weight is 247 g/mol. The molecule has 2 aromatic carbocycles. The van der Waals surface area contributed by atoms with E-state index in [1.54, 1.807) is 0 Å². The third-order valence-electron chi connectivity index (χ3n) is 3.48. The smallest absolute Gasteiger partial charge is 0.0705 e. The van der Waals surface area contributed by atoms with Crippen LogP contribution in [0.25, 0.3) is 22.0 Å². The number of rotatable bonds is 2. The number of hydrogen-bond donors (Lipinski definition) is 0. The molecule has 0 radical (unpaired) electrons. The third-order valence-corrected chi connectivity index (χ3v) is 3.48. The van der Waals surface area contributed by atoms with Crippen molar-refractivity contribution in [1.29, 1.82) is 0 Å². The highest BCUT2D eigenvalue weighted by Crippen LogP contribution is 2.33. The van der Waals surface area contributed by atoms with Crippen LogP contribution in [0.5, 0.6) is 0 Å². The van der Waals surface area contributed by atoms with E-state index >= 15 is 0 Å². The zero-order valence-electron chi connectivity index (χ0n) is 11.3. The summed E-state index contributed by atoms with van der Waals surface area (Å²) in [5, 5.41) is 1.26. The van der Waals surface area contributed by atoms with Crippen molar-refractivity contribution >= 4 is 10.9 Å². The Hall–Kier alpha value is -2.15. The van der Waals surface area contributed by atoms with Gasteiger partial charge in [0.15, 0.2) is 0 Å². The summed E-state index contributed by atoms with van der Waals surface area (Å²) in [6, 6.07) is 18.9. The fourth-order valence-electron chi connectivity index (χ4n) is 2.63. The molecule has 0 unspecified atom stereocenters.